The first kappa shape index (κ1) is 24.3. The lowest BCUT2D eigenvalue weighted by molar-refractivity contribution is -0.384. The van der Waals surface area contributed by atoms with E-state index in [-0.39, 0.29) is 17.8 Å². The molecule has 4 aromatic rings. The predicted molar refractivity (Wildman–Crippen MR) is 146 cm³/mol. The predicted octanol–water partition coefficient (Wildman–Crippen LogP) is 5.50. The van der Waals surface area contributed by atoms with Gasteiger partial charge in [0, 0.05) is 37.7 Å². The highest BCUT2D eigenvalue weighted by Gasteiger charge is 2.42. The molecule has 0 bridgehead atoms. The molecule has 0 radical (unpaired) electrons. The topological polar surface area (TPSA) is 96.9 Å². The summed E-state index contributed by atoms with van der Waals surface area (Å²) in [4.78, 5) is 19.4. The van der Waals surface area contributed by atoms with Gasteiger partial charge in [0.05, 0.1) is 35.4 Å². The Kier molecular flexibility index (Phi) is 6.49. The van der Waals surface area contributed by atoms with Crippen LogP contribution in [0.5, 0.6) is 5.75 Å². The fraction of sp³-hybridized carbons (Fsp3) is 0.185. The van der Waals surface area contributed by atoms with Crippen molar-refractivity contribution in [1.29, 1.82) is 0 Å². The molecule has 10 heteroatoms. The summed E-state index contributed by atoms with van der Waals surface area (Å²) in [6, 6.07) is 21.5. The third kappa shape index (κ3) is 4.58. The summed E-state index contributed by atoms with van der Waals surface area (Å²) in [5.74, 6) is 1.55. The molecule has 2 unspecified atom stereocenters. The van der Waals surface area contributed by atoms with Gasteiger partial charge in [0.15, 0.2) is 5.11 Å². The molecule has 2 aromatic heterocycles. The number of nitro benzene ring substituents is 1. The van der Waals surface area contributed by atoms with Crippen LogP contribution in [0.1, 0.15) is 23.5 Å². The van der Waals surface area contributed by atoms with Crippen LogP contribution < -0.4 is 19.9 Å². The van der Waals surface area contributed by atoms with Crippen molar-refractivity contribution >= 4 is 34.4 Å². The standard InChI is InChI=1S/C27H25N5O4S/c1-30(2)17-7-9-18(10-8-17)31-26(25(29-27(31)37)21-6-4-5-15-28-21)23-14-13-22(36-23)20-12-11-19(32(33)34)16-24(20)35-3/h4-16,25-26H,1-3H3,(H,29,37). The highest BCUT2D eigenvalue weighted by molar-refractivity contribution is 7.80. The van der Waals surface area contributed by atoms with Crippen LogP contribution in [0.3, 0.4) is 0 Å². The SMILES string of the molecule is COc1cc([N+](=O)[O-])ccc1-c1ccc(C2C(c3ccccn3)NC(=S)N2c2ccc(N(C)C)cc2)o1. The van der Waals surface area contributed by atoms with E-state index in [2.05, 4.69) is 10.3 Å². The maximum atomic E-state index is 11.2. The van der Waals surface area contributed by atoms with E-state index in [0.29, 0.717) is 27.9 Å². The molecule has 2 aromatic carbocycles. The van der Waals surface area contributed by atoms with Crippen LogP contribution in [-0.2, 0) is 0 Å². The van der Waals surface area contributed by atoms with E-state index in [1.54, 1.807) is 12.3 Å². The Labute approximate surface area is 219 Å². The fourth-order valence-corrected chi connectivity index (χ4v) is 4.83. The Morgan fingerprint density at radius 2 is 1.89 bits per heavy atom. The molecule has 37 heavy (non-hydrogen) atoms. The van der Waals surface area contributed by atoms with Crippen molar-refractivity contribution in [3.63, 3.8) is 0 Å². The van der Waals surface area contributed by atoms with Gasteiger partial charge < -0.3 is 24.3 Å². The van der Waals surface area contributed by atoms with Gasteiger partial charge in [-0.1, -0.05) is 6.07 Å². The lowest BCUT2D eigenvalue weighted by atomic mass is 10.0. The van der Waals surface area contributed by atoms with Crippen LogP contribution in [0.15, 0.2) is 83.4 Å². The third-order valence-electron chi connectivity index (χ3n) is 6.32. The van der Waals surface area contributed by atoms with Crippen molar-refractivity contribution in [2.75, 3.05) is 31.0 Å². The number of non-ortho nitro benzene ring substituents is 1. The van der Waals surface area contributed by atoms with Gasteiger partial charge in [0.1, 0.15) is 23.3 Å². The minimum absolute atomic E-state index is 0.0553. The molecular formula is C27H25N5O4S. The summed E-state index contributed by atoms with van der Waals surface area (Å²) >= 11 is 5.79. The van der Waals surface area contributed by atoms with Crippen molar-refractivity contribution in [1.82, 2.24) is 10.3 Å². The van der Waals surface area contributed by atoms with E-state index in [1.165, 1.54) is 19.2 Å². The number of rotatable bonds is 7. The molecule has 0 spiro atoms. The van der Waals surface area contributed by atoms with Crippen LogP contribution in [-0.4, -0.2) is 36.2 Å². The molecule has 0 aliphatic carbocycles. The van der Waals surface area contributed by atoms with Gasteiger partial charge in [-0.3, -0.25) is 15.1 Å². The van der Waals surface area contributed by atoms with Gasteiger partial charge in [0.25, 0.3) is 5.69 Å². The summed E-state index contributed by atoms with van der Waals surface area (Å²) < 4.78 is 11.8. The fourth-order valence-electron chi connectivity index (χ4n) is 4.49. The first-order valence-electron chi connectivity index (χ1n) is 11.6. The van der Waals surface area contributed by atoms with E-state index < -0.39 is 4.92 Å². The van der Waals surface area contributed by atoms with Gasteiger partial charge >= 0.3 is 0 Å². The van der Waals surface area contributed by atoms with E-state index in [0.717, 1.165) is 17.1 Å². The zero-order valence-electron chi connectivity index (χ0n) is 20.5. The minimum Gasteiger partial charge on any atom is -0.496 e. The number of nitrogens with one attached hydrogen (secondary N) is 1. The summed E-state index contributed by atoms with van der Waals surface area (Å²) in [6.45, 7) is 0. The van der Waals surface area contributed by atoms with Crippen LogP contribution in [0.25, 0.3) is 11.3 Å². The smallest absolute Gasteiger partial charge is 0.273 e. The number of furan rings is 1. The average Bonchev–Trinajstić information content (AvgIpc) is 3.53. The van der Waals surface area contributed by atoms with E-state index in [9.17, 15) is 10.1 Å². The molecule has 1 fully saturated rings. The molecule has 3 heterocycles. The maximum Gasteiger partial charge on any atom is 0.273 e. The zero-order valence-corrected chi connectivity index (χ0v) is 21.3. The van der Waals surface area contributed by atoms with E-state index >= 15 is 0 Å². The van der Waals surface area contributed by atoms with Crippen LogP contribution in [0.2, 0.25) is 0 Å². The number of hydrogen-bond acceptors (Lipinski definition) is 7. The number of benzene rings is 2. The van der Waals surface area contributed by atoms with E-state index in [4.69, 9.17) is 21.4 Å². The Hall–Kier alpha value is -4.44. The number of aromatic nitrogens is 1. The number of hydrogen-bond donors (Lipinski definition) is 1. The second-order valence-corrected chi connectivity index (χ2v) is 9.14. The average molecular weight is 516 g/mol. The molecule has 188 valence electrons. The van der Waals surface area contributed by atoms with Crippen LogP contribution in [0, 0.1) is 10.1 Å². The molecular weight excluding hydrogens is 490 g/mol. The molecule has 5 rings (SSSR count). The Morgan fingerprint density at radius 1 is 1.11 bits per heavy atom. The second kappa shape index (κ2) is 9.90. The van der Waals surface area contributed by atoms with Crippen LogP contribution in [0.4, 0.5) is 17.1 Å². The van der Waals surface area contributed by atoms with Crippen molar-refractivity contribution in [3.8, 4) is 17.1 Å². The normalized spacial score (nSPS) is 16.9. The molecule has 2 atom stereocenters. The quantitative estimate of drug-likeness (QED) is 0.194. The number of nitrogens with zero attached hydrogens (tertiary/aromatic N) is 4. The molecule has 0 amide bonds. The highest BCUT2D eigenvalue weighted by atomic mass is 32.1. The number of pyridine rings is 1. The zero-order chi connectivity index (χ0) is 26.1. The second-order valence-electron chi connectivity index (χ2n) is 8.75. The first-order valence-corrected chi connectivity index (χ1v) is 12.0. The summed E-state index contributed by atoms with van der Waals surface area (Å²) in [7, 11) is 5.46. The Balaban J connectivity index is 1.58. The van der Waals surface area contributed by atoms with Gasteiger partial charge in [-0.25, -0.2) is 0 Å². The van der Waals surface area contributed by atoms with Crippen molar-refractivity contribution in [2.24, 2.45) is 0 Å². The van der Waals surface area contributed by atoms with Gasteiger partial charge in [-0.2, -0.15) is 0 Å². The number of ether oxygens (including phenoxy) is 1. The van der Waals surface area contributed by atoms with Crippen molar-refractivity contribution in [3.05, 3.63) is 101 Å². The largest absolute Gasteiger partial charge is 0.496 e. The van der Waals surface area contributed by atoms with Gasteiger partial charge in [-0.15, -0.1) is 0 Å². The van der Waals surface area contributed by atoms with Crippen molar-refractivity contribution < 1.29 is 14.1 Å². The Bertz CT molecular complexity index is 1440. The number of anilines is 2. The molecule has 1 aliphatic heterocycles. The first-order chi connectivity index (χ1) is 17.9. The number of methoxy groups -OCH3 is 1. The summed E-state index contributed by atoms with van der Waals surface area (Å²) in [6.07, 6.45) is 1.75. The number of thiocarbonyl (C=S) groups is 1. The Morgan fingerprint density at radius 3 is 2.54 bits per heavy atom. The third-order valence-corrected chi connectivity index (χ3v) is 6.64. The molecule has 1 aliphatic rings. The van der Waals surface area contributed by atoms with Gasteiger partial charge in [0.2, 0.25) is 0 Å². The lowest BCUT2D eigenvalue weighted by Crippen LogP contribution is -2.29. The monoisotopic (exact) mass is 515 g/mol. The van der Waals surface area contributed by atoms with E-state index in [1.807, 2.05) is 78.5 Å². The van der Waals surface area contributed by atoms with Crippen LogP contribution >= 0.6 is 12.2 Å². The lowest BCUT2D eigenvalue weighted by Gasteiger charge is -2.26. The van der Waals surface area contributed by atoms with Crippen molar-refractivity contribution in [2.45, 2.75) is 12.1 Å². The van der Waals surface area contributed by atoms with Gasteiger partial charge in [-0.05, 0) is 66.8 Å². The minimum atomic E-state index is -0.456. The summed E-state index contributed by atoms with van der Waals surface area (Å²) in [5.41, 5.74) is 3.38. The molecule has 0 saturated carbocycles. The maximum absolute atomic E-state index is 11.2. The molecule has 1 saturated heterocycles. The number of nitro groups is 1. The highest BCUT2D eigenvalue weighted by Crippen LogP contribution is 2.44. The molecule has 9 nitrogen and oxygen atoms in total. The molecule has 1 N–H and O–H groups in total. The summed E-state index contributed by atoms with van der Waals surface area (Å²) in [5, 5.41) is 15.2.